The van der Waals surface area contributed by atoms with Gasteiger partial charge in [-0.1, -0.05) is 73.9 Å². The van der Waals surface area contributed by atoms with E-state index in [0.29, 0.717) is 56.6 Å². The highest BCUT2D eigenvalue weighted by molar-refractivity contribution is 8.14. The second-order valence-corrected chi connectivity index (χ2v) is 19.8. The first-order valence-electron chi connectivity index (χ1n) is 21.5. The minimum atomic E-state index is -0.982. The summed E-state index contributed by atoms with van der Waals surface area (Å²) >= 11 is 1.60. The van der Waals surface area contributed by atoms with Gasteiger partial charge in [-0.3, -0.25) is 24.2 Å². The fourth-order valence-corrected chi connectivity index (χ4v) is 9.57. The van der Waals surface area contributed by atoms with Crippen molar-refractivity contribution in [3.63, 3.8) is 0 Å². The highest BCUT2D eigenvalue weighted by Crippen LogP contribution is 2.39. The Kier molecular flexibility index (Phi) is 16.5. The lowest BCUT2D eigenvalue weighted by Crippen LogP contribution is -2.59. The molecule has 0 spiro atoms. The van der Waals surface area contributed by atoms with Crippen LogP contribution in [0.2, 0.25) is 0 Å². The maximum Gasteiger partial charge on any atom is 0.329 e. The molecular formula is C45H71N5O8S. The molecule has 14 heteroatoms. The van der Waals surface area contributed by atoms with E-state index in [0.717, 1.165) is 10.6 Å². The minimum absolute atomic E-state index is 0.00766. The van der Waals surface area contributed by atoms with E-state index >= 15 is 0 Å². The first kappa shape index (κ1) is 48.0. The van der Waals surface area contributed by atoms with Gasteiger partial charge in [0.2, 0.25) is 23.6 Å². The van der Waals surface area contributed by atoms with Crippen molar-refractivity contribution in [3.05, 3.63) is 29.8 Å². The molecule has 59 heavy (non-hydrogen) atoms. The van der Waals surface area contributed by atoms with Crippen LogP contribution in [0.1, 0.15) is 113 Å². The first-order chi connectivity index (χ1) is 27.6. The zero-order valence-electron chi connectivity index (χ0n) is 37.6. The van der Waals surface area contributed by atoms with E-state index < -0.39 is 65.0 Å². The third-order valence-corrected chi connectivity index (χ3v) is 14.3. The maximum atomic E-state index is 14.6. The van der Waals surface area contributed by atoms with Gasteiger partial charge in [0.1, 0.15) is 36.0 Å². The number of rotatable bonds is 5. The molecule has 1 saturated heterocycles. The average Bonchev–Trinajstić information content (AvgIpc) is 3.89. The summed E-state index contributed by atoms with van der Waals surface area (Å²) in [6.07, 6.45) is 2.23. The second kappa shape index (κ2) is 20.3. The summed E-state index contributed by atoms with van der Waals surface area (Å²) in [7, 11) is 4.70. The Morgan fingerprint density at radius 1 is 1.00 bits per heavy atom. The van der Waals surface area contributed by atoms with Crippen molar-refractivity contribution in [2.75, 3.05) is 33.5 Å². The molecule has 3 aliphatic rings. The number of aliphatic hydroxyl groups is 1. The van der Waals surface area contributed by atoms with Gasteiger partial charge >= 0.3 is 5.97 Å². The van der Waals surface area contributed by atoms with Crippen LogP contribution in [0.5, 0.6) is 5.75 Å². The number of aliphatic imine (C=N–C) groups is 1. The van der Waals surface area contributed by atoms with Crippen LogP contribution >= 0.6 is 11.8 Å². The SMILES string of the molecule is CC[C@H](C)[C@@H]1C(=O)N2CCC[C@@H]2C(=O)O[C@H](C(C)(C)C)C[C@@H](C)C[C@@H](O)C(C)(C)C2=N[C@@H](CCC(=O)N[C@@H](Cc3ccc(OC)cc3)C(=O)N(C)[C@@H](C)C(=O)N1C)CS2. The molecule has 1 fully saturated rings. The van der Waals surface area contributed by atoms with Crippen molar-refractivity contribution in [1.82, 2.24) is 20.0 Å². The summed E-state index contributed by atoms with van der Waals surface area (Å²) in [6.45, 7) is 18.0. The Bertz CT molecular complexity index is 1680. The number of cyclic esters (lactones) is 1. The summed E-state index contributed by atoms with van der Waals surface area (Å²) in [4.78, 5) is 80.3. The van der Waals surface area contributed by atoms with Crippen molar-refractivity contribution >= 4 is 46.4 Å². The van der Waals surface area contributed by atoms with E-state index in [2.05, 4.69) is 12.2 Å². The Morgan fingerprint density at radius 3 is 2.27 bits per heavy atom. The van der Waals surface area contributed by atoms with E-state index in [1.807, 2.05) is 60.6 Å². The quantitative estimate of drug-likeness (QED) is 0.366. The Balaban J connectivity index is 1.71. The third-order valence-electron chi connectivity index (χ3n) is 12.8. The first-order valence-corrected chi connectivity index (χ1v) is 22.4. The molecule has 4 amide bonds. The molecule has 330 valence electrons. The smallest absolute Gasteiger partial charge is 0.329 e. The summed E-state index contributed by atoms with van der Waals surface area (Å²) in [6, 6.07) is 3.47. The predicted molar refractivity (Wildman–Crippen MR) is 232 cm³/mol. The van der Waals surface area contributed by atoms with Crippen molar-refractivity contribution in [3.8, 4) is 5.75 Å². The Labute approximate surface area is 356 Å². The van der Waals surface area contributed by atoms with Gasteiger partial charge in [0.15, 0.2) is 0 Å². The average molecular weight is 842 g/mol. The molecule has 0 unspecified atom stereocenters. The highest BCUT2D eigenvalue weighted by atomic mass is 32.2. The van der Waals surface area contributed by atoms with E-state index in [1.54, 1.807) is 56.9 Å². The van der Waals surface area contributed by atoms with Crippen LogP contribution in [0.3, 0.4) is 0 Å². The number of esters is 1. The van der Waals surface area contributed by atoms with Crippen LogP contribution in [0.4, 0.5) is 0 Å². The molecule has 0 aromatic heterocycles. The molecule has 3 aliphatic heterocycles. The van der Waals surface area contributed by atoms with Gasteiger partial charge in [0.05, 0.1) is 24.3 Å². The lowest BCUT2D eigenvalue weighted by molar-refractivity contribution is -0.166. The van der Waals surface area contributed by atoms with Crippen LogP contribution in [-0.4, -0.2) is 130 Å². The summed E-state index contributed by atoms with van der Waals surface area (Å²) < 4.78 is 11.6. The predicted octanol–water partition coefficient (Wildman–Crippen LogP) is 5.50. The fourth-order valence-electron chi connectivity index (χ4n) is 8.25. The summed E-state index contributed by atoms with van der Waals surface area (Å²) in [5, 5.41) is 15.5. The Morgan fingerprint density at radius 2 is 1.66 bits per heavy atom. The number of methoxy groups -OCH3 is 1. The topological polar surface area (TPSA) is 158 Å². The van der Waals surface area contributed by atoms with Crippen LogP contribution in [0.15, 0.2) is 29.3 Å². The molecule has 3 heterocycles. The van der Waals surface area contributed by atoms with E-state index in [1.165, 1.54) is 9.80 Å². The van der Waals surface area contributed by atoms with Crippen molar-refractivity contribution in [2.45, 2.75) is 156 Å². The van der Waals surface area contributed by atoms with Crippen molar-refractivity contribution < 1.29 is 38.6 Å². The normalized spacial score (nSPS) is 30.5. The molecule has 13 nitrogen and oxygen atoms in total. The molecule has 0 radical (unpaired) electrons. The van der Waals surface area contributed by atoms with Crippen LogP contribution in [-0.2, 0) is 35.1 Å². The van der Waals surface area contributed by atoms with E-state index in [4.69, 9.17) is 14.5 Å². The van der Waals surface area contributed by atoms with E-state index in [9.17, 15) is 29.1 Å². The summed E-state index contributed by atoms with van der Waals surface area (Å²) in [5.74, 6) is -0.903. The van der Waals surface area contributed by atoms with Gasteiger partial charge < -0.3 is 34.6 Å². The fraction of sp³-hybridized carbons (Fsp3) is 0.733. The standard InChI is InChI=1S/C45H71N5O8S/c1-13-28(3)38-41(55)50-22-14-15-34(50)42(56)58-36(44(5,6)7)24-27(2)23-35(51)45(8,9)43-46-31(26-59-43)18-21-37(52)47-33(25-30-16-19-32(57-12)20-17-30)40(54)48(10)29(4)39(53)49(38)11/h16-17,19-20,27-29,31,33-36,38,51H,13-15,18,21-26H2,1-12H3,(H,47,52)/t27-,28-,29-,31-,33-,34+,35+,36-,38+/m0/s1. The number of hydrogen-bond acceptors (Lipinski definition) is 10. The van der Waals surface area contributed by atoms with Crippen LogP contribution in [0, 0.1) is 22.7 Å². The number of likely N-dealkylation sites (N-methyl/N-ethyl adjacent to an activating group) is 2. The number of ether oxygens (including phenoxy) is 2. The van der Waals surface area contributed by atoms with Crippen LogP contribution in [0.25, 0.3) is 0 Å². The highest BCUT2D eigenvalue weighted by Gasteiger charge is 2.45. The number of nitrogens with one attached hydrogen (secondary N) is 1. The maximum absolute atomic E-state index is 14.6. The number of aliphatic hydroxyl groups excluding tert-OH is 1. The minimum Gasteiger partial charge on any atom is -0.497 e. The molecule has 1 aromatic carbocycles. The van der Waals surface area contributed by atoms with Crippen molar-refractivity contribution in [2.24, 2.45) is 27.7 Å². The largest absolute Gasteiger partial charge is 0.497 e. The lowest BCUT2D eigenvalue weighted by Gasteiger charge is -2.39. The number of carbonyl (C=O) groups excluding carboxylic acids is 5. The molecule has 0 aliphatic carbocycles. The molecule has 0 saturated carbocycles. The number of amides is 4. The van der Waals surface area contributed by atoms with Gasteiger partial charge in [0, 0.05) is 44.6 Å². The number of carbonyl (C=O) groups is 5. The monoisotopic (exact) mass is 842 g/mol. The molecule has 4 rings (SSSR count). The zero-order valence-corrected chi connectivity index (χ0v) is 38.4. The lowest BCUT2D eigenvalue weighted by atomic mass is 9.78. The van der Waals surface area contributed by atoms with Gasteiger partial charge in [-0.25, -0.2) is 4.79 Å². The molecule has 9 atom stereocenters. The van der Waals surface area contributed by atoms with E-state index in [-0.39, 0.29) is 42.5 Å². The Hall–Kier alpha value is -3.65. The zero-order chi connectivity index (χ0) is 44.0. The van der Waals surface area contributed by atoms with Gasteiger partial charge in [-0.15, -0.1) is 11.8 Å². The van der Waals surface area contributed by atoms with Crippen molar-refractivity contribution in [1.29, 1.82) is 0 Å². The molecular weight excluding hydrogens is 771 g/mol. The van der Waals surface area contributed by atoms with Gasteiger partial charge in [-0.2, -0.15) is 0 Å². The molecule has 2 N–H and O–H groups in total. The second-order valence-electron chi connectivity index (χ2n) is 18.8. The van der Waals surface area contributed by atoms with Gasteiger partial charge in [0.25, 0.3) is 0 Å². The third kappa shape index (κ3) is 11.8. The van der Waals surface area contributed by atoms with Gasteiger partial charge in [-0.05, 0) is 74.0 Å². The van der Waals surface area contributed by atoms with Crippen LogP contribution < -0.4 is 10.1 Å². The number of hydrogen-bond donors (Lipinski definition) is 2. The number of thioether (sulfide) groups is 1. The summed E-state index contributed by atoms with van der Waals surface area (Å²) in [5.41, 5.74) is -0.260. The molecule has 1 aromatic rings. The number of fused-ring (bicyclic) bond motifs is 2. The number of nitrogens with zero attached hydrogens (tertiary/aromatic N) is 4. The number of benzene rings is 1. The molecule has 2 bridgehead atoms.